The van der Waals surface area contributed by atoms with Crippen molar-refractivity contribution in [2.24, 2.45) is 0 Å². The minimum atomic E-state index is -0.196. The van der Waals surface area contributed by atoms with Crippen molar-refractivity contribution in [1.29, 1.82) is 0 Å². The van der Waals surface area contributed by atoms with Gasteiger partial charge in [-0.05, 0) is 12.1 Å². The molecule has 1 saturated heterocycles. The topological polar surface area (TPSA) is 35.6 Å². The fraction of sp³-hybridized carbons (Fsp3) is 0.562. The minimum Gasteiger partial charge on any atom is -0.366 e. The normalized spacial score (nSPS) is 15.6. The van der Waals surface area contributed by atoms with E-state index in [4.69, 9.17) is 0 Å². The highest BCUT2D eigenvalue weighted by Crippen LogP contribution is 2.20. The van der Waals surface area contributed by atoms with E-state index in [0.717, 1.165) is 0 Å². The molecule has 2 rings (SSSR count). The van der Waals surface area contributed by atoms with Gasteiger partial charge in [0, 0.05) is 45.2 Å². The van der Waals surface area contributed by atoms with E-state index in [0.29, 0.717) is 50.9 Å². The van der Waals surface area contributed by atoms with Crippen molar-refractivity contribution in [2.75, 3.05) is 37.6 Å². The number of carbonyl (C=O) groups is 1. The summed E-state index contributed by atoms with van der Waals surface area (Å²) < 4.78 is 13.7. The van der Waals surface area contributed by atoms with Crippen molar-refractivity contribution in [3.63, 3.8) is 0 Å². The van der Waals surface area contributed by atoms with Crippen molar-refractivity contribution in [3.05, 3.63) is 30.1 Å². The largest absolute Gasteiger partial charge is 0.366 e. The van der Waals surface area contributed by atoms with Crippen molar-refractivity contribution in [2.45, 2.75) is 26.3 Å². The second-order valence-corrected chi connectivity index (χ2v) is 5.68. The molecule has 0 unspecified atom stereocenters. The Morgan fingerprint density at radius 1 is 1.24 bits per heavy atom. The zero-order valence-electron chi connectivity index (χ0n) is 12.8. The number of para-hydroxylation sites is 1. The van der Waals surface area contributed by atoms with Gasteiger partial charge >= 0.3 is 0 Å². The molecule has 5 heteroatoms. The van der Waals surface area contributed by atoms with Crippen LogP contribution in [0.1, 0.15) is 20.3 Å². The molecule has 1 amide bonds. The molecule has 0 aromatic heterocycles. The van der Waals surface area contributed by atoms with Crippen LogP contribution < -0.4 is 10.2 Å². The molecular weight excluding hydrogens is 269 g/mol. The number of rotatable bonds is 5. The van der Waals surface area contributed by atoms with E-state index in [1.807, 2.05) is 15.9 Å². The number of amides is 1. The van der Waals surface area contributed by atoms with Gasteiger partial charge in [-0.15, -0.1) is 0 Å². The van der Waals surface area contributed by atoms with Crippen LogP contribution in [0, 0.1) is 5.82 Å². The zero-order valence-corrected chi connectivity index (χ0v) is 12.8. The van der Waals surface area contributed by atoms with Crippen molar-refractivity contribution in [3.8, 4) is 0 Å². The van der Waals surface area contributed by atoms with Gasteiger partial charge in [0.05, 0.1) is 5.69 Å². The van der Waals surface area contributed by atoms with E-state index in [1.165, 1.54) is 6.07 Å². The third kappa shape index (κ3) is 4.43. The monoisotopic (exact) mass is 293 g/mol. The zero-order chi connectivity index (χ0) is 15.2. The molecule has 1 aliphatic rings. The Morgan fingerprint density at radius 3 is 2.52 bits per heavy atom. The van der Waals surface area contributed by atoms with Crippen LogP contribution in [0.4, 0.5) is 10.1 Å². The van der Waals surface area contributed by atoms with Crippen molar-refractivity contribution in [1.82, 2.24) is 10.2 Å². The first-order valence-corrected chi connectivity index (χ1v) is 7.58. The molecule has 1 N–H and O–H groups in total. The number of benzene rings is 1. The van der Waals surface area contributed by atoms with Crippen LogP contribution in [-0.2, 0) is 4.79 Å². The van der Waals surface area contributed by atoms with E-state index in [-0.39, 0.29) is 11.7 Å². The maximum absolute atomic E-state index is 13.7. The van der Waals surface area contributed by atoms with Crippen LogP contribution in [0.2, 0.25) is 0 Å². The summed E-state index contributed by atoms with van der Waals surface area (Å²) >= 11 is 0. The quantitative estimate of drug-likeness (QED) is 0.900. The number of nitrogens with zero attached hydrogens (tertiary/aromatic N) is 2. The van der Waals surface area contributed by atoms with Gasteiger partial charge in [-0.3, -0.25) is 4.79 Å². The van der Waals surface area contributed by atoms with Gasteiger partial charge in [-0.2, -0.15) is 0 Å². The summed E-state index contributed by atoms with van der Waals surface area (Å²) in [6, 6.07) is 7.20. The Balaban J connectivity index is 1.80. The van der Waals surface area contributed by atoms with E-state index in [9.17, 15) is 9.18 Å². The molecule has 0 spiro atoms. The number of halogens is 1. The summed E-state index contributed by atoms with van der Waals surface area (Å²) in [4.78, 5) is 16.0. The predicted octanol–water partition coefficient (Wildman–Crippen LogP) is 1.86. The second kappa shape index (κ2) is 7.41. The van der Waals surface area contributed by atoms with Crippen LogP contribution in [0.3, 0.4) is 0 Å². The standard InChI is InChI=1S/C16H24FN3O/c1-13(2)18-8-7-16(21)20-11-9-19(10-12-20)15-6-4-3-5-14(15)17/h3-6,13,18H,7-12H2,1-2H3. The second-order valence-electron chi connectivity index (χ2n) is 5.68. The smallest absolute Gasteiger partial charge is 0.223 e. The molecule has 1 aromatic carbocycles. The molecule has 0 atom stereocenters. The summed E-state index contributed by atoms with van der Waals surface area (Å²) in [6.07, 6.45) is 0.526. The lowest BCUT2D eigenvalue weighted by Gasteiger charge is -2.36. The number of anilines is 1. The summed E-state index contributed by atoms with van der Waals surface area (Å²) in [7, 11) is 0. The van der Waals surface area contributed by atoms with Gasteiger partial charge in [0.2, 0.25) is 5.91 Å². The molecule has 1 fully saturated rings. The number of nitrogens with one attached hydrogen (secondary N) is 1. The first kappa shape index (κ1) is 15.8. The molecule has 0 aliphatic carbocycles. The molecule has 1 heterocycles. The van der Waals surface area contributed by atoms with Crippen LogP contribution in [0.15, 0.2) is 24.3 Å². The number of piperazine rings is 1. The summed E-state index contributed by atoms with van der Waals surface area (Å²) in [5.74, 6) is -0.0188. The molecular formula is C16H24FN3O. The van der Waals surface area contributed by atoms with Gasteiger partial charge in [-0.1, -0.05) is 26.0 Å². The molecule has 0 saturated carbocycles. The maximum atomic E-state index is 13.7. The molecule has 1 aromatic rings. The minimum absolute atomic E-state index is 0.177. The highest BCUT2D eigenvalue weighted by Gasteiger charge is 2.22. The maximum Gasteiger partial charge on any atom is 0.223 e. The third-order valence-electron chi connectivity index (χ3n) is 3.72. The van der Waals surface area contributed by atoms with E-state index < -0.39 is 0 Å². The Bertz CT molecular complexity index is 470. The van der Waals surface area contributed by atoms with Crippen LogP contribution in [0.25, 0.3) is 0 Å². The lowest BCUT2D eigenvalue weighted by molar-refractivity contribution is -0.131. The van der Waals surface area contributed by atoms with E-state index >= 15 is 0 Å². The third-order valence-corrected chi connectivity index (χ3v) is 3.72. The van der Waals surface area contributed by atoms with Crippen molar-refractivity contribution >= 4 is 11.6 Å². The molecule has 0 radical (unpaired) electrons. The average Bonchev–Trinajstić information content (AvgIpc) is 2.47. The SMILES string of the molecule is CC(C)NCCC(=O)N1CCN(c2ccccc2F)CC1. The summed E-state index contributed by atoms with van der Waals surface area (Å²) in [6.45, 7) is 7.54. The summed E-state index contributed by atoms with van der Waals surface area (Å²) in [5.41, 5.74) is 0.631. The molecule has 1 aliphatic heterocycles. The van der Waals surface area contributed by atoms with E-state index in [2.05, 4.69) is 19.2 Å². The lowest BCUT2D eigenvalue weighted by atomic mass is 10.2. The molecule has 116 valence electrons. The summed E-state index contributed by atoms with van der Waals surface area (Å²) in [5, 5.41) is 3.25. The molecule has 4 nitrogen and oxygen atoms in total. The first-order valence-electron chi connectivity index (χ1n) is 7.58. The fourth-order valence-corrected chi connectivity index (χ4v) is 2.53. The van der Waals surface area contributed by atoms with Crippen LogP contribution >= 0.6 is 0 Å². The van der Waals surface area contributed by atoms with Gasteiger partial charge in [0.15, 0.2) is 0 Å². The highest BCUT2D eigenvalue weighted by atomic mass is 19.1. The Hall–Kier alpha value is -1.62. The predicted molar refractivity (Wildman–Crippen MR) is 82.9 cm³/mol. The first-order chi connectivity index (χ1) is 10.1. The average molecular weight is 293 g/mol. The number of hydrogen-bond acceptors (Lipinski definition) is 3. The molecule has 0 bridgehead atoms. The Kier molecular flexibility index (Phi) is 5.56. The molecule has 21 heavy (non-hydrogen) atoms. The van der Waals surface area contributed by atoms with Crippen LogP contribution in [-0.4, -0.2) is 49.6 Å². The highest BCUT2D eigenvalue weighted by molar-refractivity contribution is 5.76. The van der Waals surface area contributed by atoms with Crippen LogP contribution in [0.5, 0.6) is 0 Å². The van der Waals surface area contributed by atoms with Gasteiger partial charge < -0.3 is 15.1 Å². The Labute approximate surface area is 125 Å². The fourth-order valence-electron chi connectivity index (χ4n) is 2.53. The van der Waals surface area contributed by atoms with Crippen molar-refractivity contribution < 1.29 is 9.18 Å². The van der Waals surface area contributed by atoms with Gasteiger partial charge in [-0.25, -0.2) is 4.39 Å². The number of carbonyl (C=O) groups excluding carboxylic acids is 1. The van der Waals surface area contributed by atoms with Gasteiger partial charge in [0.1, 0.15) is 5.82 Å². The Morgan fingerprint density at radius 2 is 1.90 bits per heavy atom. The lowest BCUT2D eigenvalue weighted by Crippen LogP contribution is -2.49. The number of hydrogen-bond donors (Lipinski definition) is 1. The van der Waals surface area contributed by atoms with Gasteiger partial charge in [0.25, 0.3) is 0 Å². The van der Waals surface area contributed by atoms with E-state index in [1.54, 1.807) is 12.1 Å².